The van der Waals surface area contributed by atoms with E-state index in [9.17, 15) is 4.79 Å². The van der Waals surface area contributed by atoms with E-state index in [0.29, 0.717) is 17.8 Å². The van der Waals surface area contributed by atoms with E-state index in [1.54, 1.807) is 10.9 Å². The Morgan fingerprint density at radius 2 is 1.84 bits per heavy atom. The van der Waals surface area contributed by atoms with Crippen molar-refractivity contribution in [2.24, 2.45) is 7.05 Å². The van der Waals surface area contributed by atoms with Crippen LogP contribution in [-0.2, 0) is 13.6 Å². The highest BCUT2D eigenvalue weighted by molar-refractivity contribution is 5.93. The topological polar surface area (TPSA) is 41.4 Å². The van der Waals surface area contributed by atoms with Crippen molar-refractivity contribution >= 4 is 5.91 Å². The molecule has 0 aliphatic carbocycles. The molecule has 3 heterocycles. The Balaban J connectivity index is 1.51. The van der Waals surface area contributed by atoms with Gasteiger partial charge in [-0.15, -0.1) is 0 Å². The number of hydrogen-bond acceptors (Lipinski definition) is 3. The summed E-state index contributed by atoms with van der Waals surface area (Å²) in [5, 5.41) is 4.16. The van der Waals surface area contributed by atoms with Gasteiger partial charge in [0, 0.05) is 38.4 Å². The maximum Gasteiger partial charge on any atom is 0.272 e. The van der Waals surface area contributed by atoms with Crippen LogP contribution in [0.4, 0.5) is 0 Å². The molecule has 2 unspecified atom stereocenters. The summed E-state index contributed by atoms with van der Waals surface area (Å²) in [4.78, 5) is 17.7. The molecule has 0 bridgehead atoms. The molecular weight excluding hydrogens is 312 g/mol. The molecule has 2 aromatic rings. The highest BCUT2D eigenvalue weighted by Gasteiger charge is 2.40. The third-order valence-electron chi connectivity index (χ3n) is 5.69. The molecule has 5 heteroatoms. The highest BCUT2D eigenvalue weighted by atomic mass is 16.2. The molecule has 5 nitrogen and oxygen atoms in total. The average Bonchev–Trinajstić information content (AvgIpc) is 3.35. The third-order valence-corrected chi connectivity index (χ3v) is 5.69. The first kappa shape index (κ1) is 16.3. The number of carbonyl (C=O) groups excluding carboxylic acids is 1. The fraction of sp³-hybridized carbons (Fsp3) is 0.500. The summed E-state index contributed by atoms with van der Waals surface area (Å²) in [6, 6.07) is 13.3. The van der Waals surface area contributed by atoms with Crippen molar-refractivity contribution < 1.29 is 4.79 Å². The van der Waals surface area contributed by atoms with Gasteiger partial charge in [-0.1, -0.05) is 30.3 Å². The molecule has 4 rings (SSSR count). The molecule has 1 amide bonds. The second-order valence-electron chi connectivity index (χ2n) is 7.21. The van der Waals surface area contributed by atoms with Crippen molar-refractivity contribution in [1.29, 1.82) is 0 Å². The molecule has 25 heavy (non-hydrogen) atoms. The lowest BCUT2D eigenvalue weighted by atomic mass is 10.0. The van der Waals surface area contributed by atoms with Crippen LogP contribution in [0, 0.1) is 0 Å². The second kappa shape index (κ2) is 7.00. The van der Waals surface area contributed by atoms with Gasteiger partial charge in [-0.2, -0.15) is 5.10 Å². The average molecular weight is 338 g/mol. The van der Waals surface area contributed by atoms with Crippen LogP contribution in [0.25, 0.3) is 0 Å². The van der Waals surface area contributed by atoms with E-state index >= 15 is 0 Å². The van der Waals surface area contributed by atoms with Crippen LogP contribution in [-0.4, -0.2) is 50.7 Å². The fourth-order valence-corrected chi connectivity index (χ4v) is 4.48. The standard InChI is InChI=1S/C20H26N4O/c1-22-19(11-12-21-22)20(25)24-14-6-10-18(24)17-9-5-13-23(17)15-16-7-3-2-4-8-16/h2-4,7-8,11-12,17-18H,5-6,9-10,13-15H2,1H3. The zero-order valence-corrected chi connectivity index (χ0v) is 14.8. The lowest BCUT2D eigenvalue weighted by Crippen LogP contribution is -2.48. The zero-order chi connectivity index (χ0) is 17.2. The maximum absolute atomic E-state index is 13.0. The van der Waals surface area contributed by atoms with Gasteiger partial charge in [-0.05, 0) is 43.9 Å². The van der Waals surface area contributed by atoms with Gasteiger partial charge >= 0.3 is 0 Å². The molecule has 132 valence electrons. The summed E-state index contributed by atoms with van der Waals surface area (Å²) in [6.07, 6.45) is 6.33. The van der Waals surface area contributed by atoms with Crippen molar-refractivity contribution in [3.05, 3.63) is 53.9 Å². The molecule has 1 aromatic carbocycles. The monoisotopic (exact) mass is 338 g/mol. The molecule has 2 atom stereocenters. The Hall–Kier alpha value is -2.14. The predicted octanol–water partition coefficient (Wildman–Crippen LogP) is 2.69. The Kier molecular flexibility index (Phi) is 4.57. The molecule has 2 fully saturated rings. The van der Waals surface area contributed by atoms with E-state index < -0.39 is 0 Å². The van der Waals surface area contributed by atoms with Gasteiger partial charge in [0.1, 0.15) is 5.69 Å². The zero-order valence-electron chi connectivity index (χ0n) is 14.8. The molecule has 0 radical (unpaired) electrons. The van der Waals surface area contributed by atoms with Gasteiger partial charge < -0.3 is 4.90 Å². The van der Waals surface area contributed by atoms with Gasteiger partial charge in [0.2, 0.25) is 0 Å². The number of aryl methyl sites for hydroxylation is 1. The van der Waals surface area contributed by atoms with Crippen molar-refractivity contribution in [2.75, 3.05) is 13.1 Å². The van der Waals surface area contributed by atoms with Gasteiger partial charge in [-0.3, -0.25) is 14.4 Å². The summed E-state index contributed by atoms with van der Waals surface area (Å²) < 4.78 is 1.69. The van der Waals surface area contributed by atoms with E-state index in [-0.39, 0.29) is 5.91 Å². The quantitative estimate of drug-likeness (QED) is 0.861. The fourth-order valence-electron chi connectivity index (χ4n) is 4.48. The molecule has 0 spiro atoms. The van der Waals surface area contributed by atoms with Crippen LogP contribution in [0.3, 0.4) is 0 Å². The van der Waals surface area contributed by atoms with Crippen LogP contribution in [0.15, 0.2) is 42.6 Å². The maximum atomic E-state index is 13.0. The van der Waals surface area contributed by atoms with Gasteiger partial charge in [0.15, 0.2) is 0 Å². The minimum Gasteiger partial charge on any atom is -0.333 e. The Morgan fingerprint density at radius 3 is 2.60 bits per heavy atom. The van der Waals surface area contributed by atoms with Crippen LogP contribution >= 0.6 is 0 Å². The first-order valence-corrected chi connectivity index (χ1v) is 9.31. The lowest BCUT2D eigenvalue weighted by Gasteiger charge is -2.35. The summed E-state index contributed by atoms with van der Waals surface area (Å²) in [5.41, 5.74) is 2.05. The number of nitrogens with zero attached hydrogens (tertiary/aromatic N) is 4. The van der Waals surface area contributed by atoms with E-state index in [1.165, 1.54) is 18.4 Å². The minimum atomic E-state index is 0.133. The number of aromatic nitrogens is 2. The van der Waals surface area contributed by atoms with Crippen LogP contribution in [0.1, 0.15) is 41.7 Å². The van der Waals surface area contributed by atoms with E-state index in [2.05, 4.69) is 45.2 Å². The van der Waals surface area contributed by atoms with E-state index in [1.807, 2.05) is 13.1 Å². The van der Waals surface area contributed by atoms with Crippen LogP contribution in [0.5, 0.6) is 0 Å². The Bertz CT molecular complexity index is 726. The SMILES string of the molecule is Cn1nccc1C(=O)N1CCCC1C1CCCN1Cc1ccccc1. The molecule has 2 aliphatic rings. The van der Waals surface area contributed by atoms with Gasteiger partial charge in [-0.25, -0.2) is 0 Å². The molecule has 2 aliphatic heterocycles. The van der Waals surface area contributed by atoms with Gasteiger partial charge in [0.25, 0.3) is 5.91 Å². The predicted molar refractivity (Wildman–Crippen MR) is 97.1 cm³/mol. The summed E-state index contributed by atoms with van der Waals surface area (Å²) in [7, 11) is 1.84. The molecule has 0 N–H and O–H groups in total. The first-order valence-electron chi connectivity index (χ1n) is 9.31. The summed E-state index contributed by atoms with van der Waals surface area (Å²) in [5.74, 6) is 0.133. The molecule has 0 saturated carbocycles. The summed E-state index contributed by atoms with van der Waals surface area (Å²) in [6.45, 7) is 2.98. The number of hydrogen-bond donors (Lipinski definition) is 0. The minimum absolute atomic E-state index is 0.133. The second-order valence-corrected chi connectivity index (χ2v) is 7.21. The number of amides is 1. The number of benzene rings is 1. The van der Waals surface area contributed by atoms with Crippen LogP contribution < -0.4 is 0 Å². The Labute approximate surface area is 149 Å². The normalized spacial score (nSPS) is 24.1. The molecule has 2 saturated heterocycles. The summed E-state index contributed by atoms with van der Waals surface area (Å²) >= 11 is 0. The van der Waals surface area contributed by atoms with E-state index in [4.69, 9.17) is 0 Å². The lowest BCUT2D eigenvalue weighted by molar-refractivity contribution is 0.0628. The smallest absolute Gasteiger partial charge is 0.272 e. The van der Waals surface area contributed by atoms with Gasteiger partial charge in [0.05, 0.1) is 0 Å². The number of carbonyl (C=O) groups is 1. The largest absolute Gasteiger partial charge is 0.333 e. The van der Waals surface area contributed by atoms with E-state index in [0.717, 1.165) is 32.5 Å². The highest BCUT2D eigenvalue weighted by Crippen LogP contribution is 2.32. The van der Waals surface area contributed by atoms with Crippen molar-refractivity contribution in [1.82, 2.24) is 19.6 Å². The number of rotatable bonds is 4. The van der Waals surface area contributed by atoms with Crippen LogP contribution in [0.2, 0.25) is 0 Å². The Morgan fingerprint density at radius 1 is 1.08 bits per heavy atom. The third kappa shape index (κ3) is 3.21. The molecular formula is C20H26N4O. The van der Waals surface area contributed by atoms with Crippen molar-refractivity contribution in [3.63, 3.8) is 0 Å². The first-order chi connectivity index (χ1) is 12.2. The number of likely N-dealkylation sites (tertiary alicyclic amines) is 2. The van der Waals surface area contributed by atoms with Crippen molar-refractivity contribution in [3.8, 4) is 0 Å². The molecule has 1 aromatic heterocycles. The van der Waals surface area contributed by atoms with Crippen molar-refractivity contribution in [2.45, 2.75) is 44.3 Å².